The molecule has 10 nitrogen and oxygen atoms in total. The van der Waals surface area contributed by atoms with E-state index in [1.54, 1.807) is 42.8 Å². The van der Waals surface area contributed by atoms with Crippen LogP contribution < -0.4 is 10.5 Å². The van der Waals surface area contributed by atoms with Crippen LogP contribution in [-0.4, -0.2) is 73.9 Å². The maximum absolute atomic E-state index is 14.0. The van der Waals surface area contributed by atoms with Crippen LogP contribution in [0.2, 0.25) is 5.02 Å². The molecule has 0 atom stereocenters. The fourth-order valence-electron chi connectivity index (χ4n) is 7.53. The quantitative estimate of drug-likeness (QED) is 0.170. The van der Waals surface area contributed by atoms with Gasteiger partial charge in [0.05, 0.1) is 39.4 Å². The number of aromatic nitrogens is 4. The molecule has 0 bridgehead atoms. The van der Waals surface area contributed by atoms with Crippen LogP contribution >= 0.6 is 22.9 Å². The van der Waals surface area contributed by atoms with Gasteiger partial charge < -0.3 is 14.9 Å². The van der Waals surface area contributed by atoms with E-state index >= 15 is 0 Å². The van der Waals surface area contributed by atoms with E-state index in [1.807, 2.05) is 11.9 Å². The highest BCUT2D eigenvalue weighted by atomic mass is 35.5. The number of carbonyl (C=O) groups is 1. The number of aryl methyl sites for hydroxylation is 1. The highest BCUT2D eigenvalue weighted by molar-refractivity contribution is 7.18. The zero-order valence-electron chi connectivity index (χ0n) is 28.7. The Hall–Kier alpha value is -5.02. The maximum atomic E-state index is 14.0. The number of carboxylic acid groups (broad SMARTS) is 1. The zero-order valence-corrected chi connectivity index (χ0v) is 30.3. The molecule has 0 unspecified atom stereocenters. The molecule has 1 saturated heterocycles. The van der Waals surface area contributed by atoms with Crippen molar-refractivity contribution in [3.63, 3.8) is 0 Å². The first-order valence-corrected chi connectivity index (χ1v) is 18.3. The van der Waals surface area contributed by atoms with E-state index in [-0.39, 0.29) is 41.1 Å². The maximum Gasteiger partial charge on any atom is 0.389 e. The summed E-state index contributed by atoms with van der Waals surface area (Å²) in [5.41, 5.74) is 2.52. The van der Waals surface area contributed by atoms with E-state index < -0.39 is 24.1 Å². The predicted molar refractivity (Wildman–Crippen MR) is 197 cm³/mol. The van der Waals surface area contributed by atoms with E-state index in [9.17, 15) is 33.1 Å². The van der Waals surface area contributed by atoms with Gasteiger partial charge in [0.25, 0.3) is 5.56 Å². The number of thiophene rings is 1. The monoisotopic (exact) mass is 759 g/mol. The van der Waals surface area contributed by atoms with E-state index in [1.165, 1.54) is 22.1 Å². The average Bonchev–Trinajstić information content (AvgIpc) is 3.55. The minimum Gasteiger partial charge on any atom is -0.478 e. The Morgan fingerprint density at radius 2 is 1.92 bits per heavy atom. The number of likely N-dealkylation sites (tertiary alicyclic amines) is 1. The van der Waals surface area contributed by atoms with Crippen molar-refractivity contribution < 1.29 is 23.1 Å². The first-order chi connectivity index (χ1) is 25.3. The second-order valence-electron chi connectivity index (χ2n) is 13.6. The molecule has 2 fully saturated rings. The lowest BCUT2D eigenvalue weighted by Gasteiger charge is -2.47. The van der Waals surface area contributed by atoms with Crippen molar-refractivity contribution in [3.8, 4) is 29.0 Å². The largest absolute Gasteiger partial charge is 0.478 e. The highest BCUT2D eigenvalue weighted by Crippen LogP contribution is 2.41. The van der Waals surface area contributed by atoms with Crippen molar-refractivity contribution >= 4 is 55.8 Å². The number of pyridine rings is 2. The van der Waals surface area contributed by atoms with Crippen LogP contribution in [0.1, 0.15) is 59.4 Å². The highest BCUT2D eigenvalue weighted by Gasteiger charge is 2.42. The van der Waals surface area contributed by atoms with Gasteiger partial charge >= 0.3 is 12.1 Å². The van der Waals surface area contributed by atoms with Gasteiger partial charge in [-0.2, -0.15) is 18.4 Å². The second kappa shape index (κ2) is 14.4. The van der Waals surface area contributed by atoms with Crippen LogP contribution in [0.5, 0.6) is 0 Å². The summed E-state index contributed by atoms with van der Waals surface area (Å²) in [6, 6.07) is 9.40. The van der Waals surface area contributed by atoms with E-state index in [0.29, 0.717) is 56.4 Å². The standard InChI is InChI=1S/C38H33ClF3N7O3S/c1-21-46-31-19-45-35(47(2)25-8-12-48(13-9-25)26-14-22(15-26)17-38(40,41)42)29(18-43)32(31)36(50)49(21)11-3-4-23-5-6-24(39)16-28(23)27-7-10-44-33-30(37(51)52)20-53-34(27)33/h5-7,10,16,19-20,22,25-26H,8-9,11-15,17H2,1-2H3,(H,51,52). The normalized spacial score (nSPS) is 18.0. The van der Waals surface area contributed by atoms with E-state index in [2.05, 4.69) is 37.8 Å². The van der Waals surface area contributed by atoms with Crippen molar-refractivity contribution in [2.45, 2.75) is 63.8 Å². The Kier molecular flexibility index (Phi) is 9.89. The molecule has 0 radical (unpaired) electrons. The molecule has 0 amide bonds. The number of carboxylic acids is 1. The molecule has 0 spiro atoms. The number of benzene rings is 1. The third-order valence-corrected chi connectivity index (χ3v) is 11.6. The smallest absolute Gasteiger partial charge is 0.389 e. The number of halogens is 4. The minimum absolute atomic E-state index is 0.0224. The van der Waals surface area contributed by atoms with Gasteiger partial charge in [-0.05, 0) is 62.8 Å². The molecule has 5 heterocycles. The van der Waals surface area contributed by atoms with Gasteiger partial charge in [0.1, 0.15) is 23.3 Å². The molecule has 5 aromatic rings. The topological polar surface area (TPSA) is 128 Å². The summed E-state index contributed by atoms with van der Waals surface area (Å²) >= 11 is 7.66. The number of fused-ring (bicyclic) bond motifs is 2. The van der Waals surface area contributed by atoms with Gasteiger partial charge in [-0.3, -0.25) is 14.3 Å². The lowest BCUT2D eigenvalue weighted by molar-refractivity contribution is -0.155. The van der Waals surface area contributed by atoms with Crippen molar-refractivity contribution in [1.82, 2.24) is 24.4 Å². The molecule has 4 aromatic heterocycles. The number of alkyl halides is 3. The van der Waals surface area contributed by atoms with E-state index in [4.69, 9.17) is 11.6 Å². The lowest BCUT2D eigenvalue weighted by Crippen LogP contribution is -2.52. The number of anilines is 1. The van der Waals surface area contributed by atoms with Crippen molar-refractivity contribution in [1.29, 1.82) is 5.26 Å². The van der Waals surface area contributed by atoms with Crippen LogP contribution in [-0.2, 0) is 6.54 Å². The molecule has 1 N–H and O–H groups in total. The molecule has 53 heavy (non-hydrogen) atoms. The number of rotatable bonds is 7. The Morgan fingerprint density at radius 1 is 1.17 bits per heavy atom. The lowest BCUT2D eigenvalue weighted by atomic mass is 9.76. The molecule has 272 valence electrons. The Bertz CT molecular complexity index is 2420. The van der Waals surface area contributed by atoms with Gasteiger partial charge in [-0.25, -0.2) is 14.8 Å². The van der Waals surface area contributed by atoms with Gasteiger partial charge in [0.15, 0.2) is 0 Å². The number of piperidine rings is 1. The molecule has 15 heteroatoms. The molecule has 1 aliphatic heterocycles. The number of hydrogen-bond donors (Lipinski definition) is 1. The Morgan fingerprint density at radius 3 is 2.62 bits per heavy atom. The van der Waals surface area contributed by atoms with Gasteiger partial charge in [0.2, 0.25) is 0 Å². The SMILES string of the molecule is Cc1nc2cnc(N(C)C3CCN(C4CC(CC(F)(F)F)C4)CC3)c(C#N)c2c(=O)n1CC#Cc1ccc(Cl)cc1-c1ccnc2c(C(=O)O)csc12. The number of nitrogens with zero attached hydrogens (tertiary/aromatic N) is 7. The first-order valence-electron chi connectivity index (χ1n) is 17.0. The minimum atomic E-state index is -4.13. The van der Waals surface area contributed by atoms with Gasteiger partial charge in [0, 0.05) is 71.9 Å². The fraction of sp³-hybridized carbons (Fsp3) is 0.368. The number of aromatic carboxylic acids is 1. The molecular formula is C38H33ClF3N7O3S. The van der Waals surface area contributed by atoms with Crippen LogP contribution in [0.4, 0.5) is 19.0 Å². The molecular weight excluding hydrogens is 727 g/mol. The zero-order chi connectivity index (χ0) is 37.6. The third-order valence-electron chi connectivity index (χ3n) is 10.3. The second-order valence-corrected chi connectivity index (χ2v) is 14.9. The number of nitriles is 1. The first kappa shape index (κ1) is 36.3. The van der Waals surface area contributed by atoms with Crippen LogP contribution in [0, 0.1) is 36.0 Å². The summed E-state index contributed by atoms with van der Waals surface area (Å²) in [5, 5.41) is 22.1. The molecule has 1 aromatic carbocycles. The Balaban J connectivity index is 1.13. The summed E-state index contributed by atoms with van der Waals surface area (Å²) < 4.78 is 40.4. The average molecular weight is 760 g/mol. The summed E-state index contributed by atoms with van der Waals surface area (Å²) in [5.74, 6) is 5.64. The van der Waals surface area contributed by atoms with Crippen molar-refractivity contribution in [2.75, 3.05) is 25.0 Å². The summed E-state index contributed by atoms with van der Waals surface area (Å²) in [4.78, 5) is 43.4. The predicted octanol–water partition coefficient (Wildman–Crippen LogP) is 7.28. The van der Waals surface area contributed by atoms with Crippen LogP contribution in [0.25, 0.3) is 32.2 Å². The third kappa shape index (κ3) is 7.19. The molecule has 2 aliphatic rings. The van der Waals surface area contributed by atoms with E-state index in [0.717, 1.165) is 31.5 Å². The molecule has 7 rings (SSSR count). The van der Waals surface area contributed by atoms with Crippen LogP contribution in [0.15, 0.2) is 46.8 Å². The summed E-state index contributed by atoms with van der Waals surface area (Å²) in [6.45, 7) is 3.13. The van der Waals surface area contributed by atoms with Gasteiger partial charge in [-0.1, -0.05) is 23.4 Å². The summed E-state index contributed by atoms with van der Waals surface area (Å²) in [7, 11) is 1.85. The van der Waals surface area contributed by atoms with Gasteiger partial charge in [-0.15, -0.1) is 11.3 Å². The van der Waals surface area contributed by atoms with Crippen molar-refractivity contribution in [3.05, 3.63) is 79.9 Å². The fourth-order valence-corrected chi connectivity index (χ4v) is 8.73. The molecule has 1 aliphatic carbocycles. The van der Waals surface area contributed by atoms with Crippen LogP contribution in [0.3, 0.4) is 0 Å². The number of hydrogen-bond acceptors (Lipinski definition) is 9. The molecule has 1 saturated carbocycles. The van der Waals surface area contributed by atoms with Crippen molar-refractivity contribution in [2.24, 2.45) is 5.92 Å². The Labute approximate surface area is 311 Å². The summed E-state index contributed by atoms with van der Waals surface area (Å²) in [6.07, 6.45) is 0.829.